The van der Waals surface area contributed by atoms with Crippen LogP contribution < -0.4 is 0 Å². The van der Waals surface area contributed by atoms with Crippen molar-refractivity contribution < 1.29 is 4.74 Å². The van der Waals surface area contributed by atoms with E-state index >= 15 is 0 Å². The Kier molecular flexibility index (Phi) is 3.87. The van der Waals surface area contributed by atoms with Crippen LogP contribution in [0.25, 0.3) is 28.6 Å². The first-order chi connectivity index (χ1) is 12.3. The molecule has 8 heteroatoms. The standard InChI is InChI=1S/C17H15N7O/c1-11-15(21-22-17-20-14(10-25-2)23-24(11)17)13-8-9-18-16(19-13)12-6-4-3-5-7-12/h3-9H,10H2,1-2H3. The number of fused-ring (bicyclic) bond motifs is 1. The minimum absolute atomic E-state index is 0.323. The second-order valence-corrected chi connectivity index (χ2v) is 5.44. The van der Waals surface area contributed by atoms with Gasteiger partial charge in [0.05, 0.1) is 11.4 Å². The summed E-state index contributed by atoms with van der Waals surface area (Å²) in [7, 11) is 1.60. The molecule has 124 valence electrons. The summed E-state index contributed by atoms with van der Waals surface area (Å²) in [6.45, 7) is 2.23. The van der Waals surface area contributed by atoms with Crippen molar-refractivity contribution in [2.24, 2.45) is 0 Å². The average Bonchev–Trinajstić information content (AvgIpc) is 3.07. The molecule has 0 aliphatic carbocycles. The first kappa shape index (κ1) is 15.3. The fourth-order valence-electron chi connectivity index (χ4n) is 2.55. The van der Waals surface area contributed by atoms with Gasteiger partial charge in [-0.15, -0.1) is 15.3 Å². The predicted molar refractivity (Wildman–Crippen MR) is 90.5 cm³/mol. The lowest BCUT2D eigenvalue weighted by Gasteiger charge is -2.06. The number of aromatic nitrogens is 7. The highest BCUT2D eigenvalue weighted by Gasteiger charge is 2.14. The highest BCUT2D eigenvalue weighted by Crippen LogP contribution is 2.21. The van der Waals surface area contributed by atoms with Gasteiger partial charge >= 0.3 is 0 Å². The number of aryl methyl sites for hydroxylation is 1. The summed E-state index contributed by atoms with van der Waals surface area (Å²) in [6, 6.07) is 11.6. The number of benzene rings is 1. The van der Waals surface area contributed by atoms with Crippen LogP contribution in [0.3, 0.4) is 0 Å². The maximum atomic E-state index is 5.07. The lowest BCUT2D eigenvalue weighted by atomic mass is 10.2. The highest BCUT2D eigenvalue weighted by atomic mass is 16.5. The Morgan fingerprint density at radius 1 is 1.04 bits per heavy atom. The molecule has 0 unspecified atom stereocenters. The van der Waals surface area contributed by atoms with Crippen molar-refractivity contribution in [3.63, 3.8) is 0 Å². The zero-order chi connectivity index (χ0) is 17.2. The second kappa shape index (κ2) is 6.33. The predicted octanol–water partition coefficient (Wildman–Crippen LogP) is 2.10. The number of ether oxygens (including phenoxy) is 1. The fourth-order valence-corrected chi connectivity index (χ4v) is 2.55. The van der Waals surface area contributed by atoms with E-state index in [0.717, 1.165) is 11.3 Å². The molecule has 0 atom stereocenters. The lowest BCUT2D eigenvalue weighted by molar-refractivity contribution is 0.178. The zero-order valence-corrected chi connectivity index (χ0v) is 13.8. The number of nitrogens with zero attached hydrogens (tertiary/aromatic N) is 7. The molecule has 0 amide bonds. The number of hydrogen-bond acceptors (Lipinski definition) is 7. The van der Waals surface area contributed by atoms with Gasteiger partial charge in [0, 0.05) is 18.9 Å². The van der Waals surface area contributed by atoms with E-state index in [1.165, 1.54) is 0 Å². The maximum absolute atomic E-state index is 5.07. The van der Waals surface area contributed by atoms with E-state index in [2.05, 4.69) is 30.2 Å². The molecule has 0 fully saturated rings. The summed E-state index contributed by atoms with van der Waals surface area (Å²) < 4.78 is 6.72. The van der Waals surface area contributed by atoms with Gasteiger partial charge in [-0.2, -0.15) is 9.50 Å². The van der Waals surface area contributed by atoms with Gasteiger partial charge in [0.1, 0.15) is 12.3 Å². The number of hydrogen-bond donors (Lipinski definition) is 0. The van der Waals surface area contributed by atoms with E-state index < -0.39 is 0 Å². The van der Waals surface area contributed by atoms with Crippen molar-refractivity contribution in [2.45, 2.75) is 13.5 Å². The van der Waals surface area contributed by atoms with Gasteiger partial charge in [-0.1, -0.05) is 30.3 Å². The van der Waals surface area contributed by atoms with E-state index in [-0.39, 0.29) is 0 Å². The molecule has 0 radical (unpaired) electrons. The monoisotopic (exact) mass is 333 g/mol. The largest absolute Gasteiger partial charge is 0.377 e. The molecule has 1 aromatic carbocycles. The summed E-state index contributed by atoms with van der Waals surface area (Å²) in [5.41, 5.74) is 3.07. The van der Waals surface area contributed by atoms with E-state index in [0.29, 0.717) is 35.4 Å². The Balaban J connectivity index is 1.80. The summed E-state index contributed by atoms with van der Waals surface area (Å²) in [5.74, 6) is 1.63. The molecular weight excluding hydrogens is 318 g/mol. The molecule has 0 aliphatic heterocycles. The van der Waals surface area contributed by atoms with Crippen LogP contribution in [-0.4, -0.2) is 41.9 Å². The van der Waals surface area contributed by atoms with Crippen molar-refractivity contribution in [2.75, 3.05) is 7.11 Å². The number of rotatable bonds is 4. The Morgan fingerprint density at radius 2 is 1.88 bits per heavy atom. The summed E-state index contributed by atoms with van der Waals surface area (Å²) >= 11 is 0. The minimum atomic E-state index is 0.323. The van der Waals surface area contributed by atoms with Crippen LogP contribution in [0.1, 0.15) is 11.5 Å². The van der Waals surface area contributed by atoms with Crippen LogP contribution in [0.2, 0.25) is 0 Å². The molecule has 0 aliphatic rings. The Labute approximate surface area is 143 Å². The van der Waals surface area contributed by atoms with Crippen LogP contribution in [0.5, 0.6) is 0 Å². The smallest absolute Gasteiger partial charge is 0.272 e. The van der Waals surface area contributed by atoms with Gasteiger partial charge in [-0.25, -0.2) is 9.97 Å². The minimum Gasteiger partial charge on any atom is -0.377 e. The van der Waals surface area contributed by atoms with Crippen LogP contribution in [-0.2, 0) is 11.3 Å². The third kappa shape index (κ3) is 2.83. The normalized spacial score (nSPS) is 11.1. The third-order valence-electron chi connectivity index (χ3n) is 3.74. The van der Waals surface area contributed by atoms with Crippen LogP contribution in [0, 0.1) is 6.92 Å². The first-order valence-electron chi connectivity index (χ1n) is 7.73. The van der Waals surface area contributed by atoms with E-state index in [1.54, 1.807) is 17.8 Å². The third-order valence-corrected chi connectivity index (χ3v) is 3.74. The Morgan fingerprint density at radius 3 is 2.68 bits per heavy atom. The molecule has 25 heavy (non-hydrogen) atoms. The molecule has 4 rings (SSSR count). The van der Waals surface area contributed by atoms with Crippen molar-refractivity contribution in [3.05, 3.63) is 54.1 Å². The molecular formula is C17H15N7O. The molecule has 0 bridgehead atoms. The van der Waals surface area contributed by atoms with Gasteiger partial charge in [0.2, 0.25) is 0 Å². The van der Waals surface area contributed by atoms with E-state index in [9.17, 15) is 0 Å². The highest BCUT2D eigenvalue weighted by molar-refractivity contribution is 5.62. The zero-order valence-electron chi connectivity index (χ0n) is 13.8. The topological polar surface area (TPSA) is 91.0 Å². The van der Waals surface area contributed by atoms with Gasteiger partial charge in [-0.05, 0) is 13.0 Å². The second-order valence-electron chi connectivity index (χ2n) is 5.44. The quantitative estimate of drug-likeness (QED) is 0.565. The van der Waals surface area contributed by atoms with Crippen molar-refractivity contribution >= 4 is 5.78 Å². The molecule has 8 nitrogen and oxygen atoms in total. The fraction of sp³-hybridized carbons (Fsp3) is 0.176. The molecule has 0 saturated carbocycles. The molecule has 4 aromatic rings. The molecule has 0 spiro atoms. The molecule has 0 N–H and O–H groups in total. The summed E-state index contributed by atoms with van der Waals surface area (Å²) in [5, 5.41) is 12.8. The van der Waals surface area contributed by atoms with Crippen molar-refractivity contribution in [3.8, 4) is 22.8 Å². The van der Waals surface area contributed by atoms with Gasteiger partial charge in [0.25, 0.3) is 5.78 Å². The lowest BCUT2D eigenvalue weighted by Crippen LogP contribution is -2.04. The Hall–Kier alpha value is -3.26. The average molecular weight is 333 g/mol. The van der Waals surface area contributed by atoms with Gasteiger partial charge in [0.15, 0.2) is 11.6 Å². The van der Waals surface area contributed by atoms with Crippen LogP contribution in [0.15, 0.2) is 42.6 Å². The summed E-state index contributed by atoms with van der Waals surface area (Å²) in [4.78, 5) is 13.3. The maximum Gasteiger partial charge on any atom is 0.272 e. The first-order valence-corrected chi connectivity index (χ1v) is 7.73. The van der Waals surface area contributed by atoms with Crippen molar-refractivity contribution in [1.82, 2.24) is 34.8 Å². The molecule has 3 aromatic heterocycles. The molecule has 0 saturated heterocycles. The van der Waals surface area contributed by atoms with Crippen LogP contribution in [0.4, 0.5) is 0 Å². The Bertz CT molecular complexity index is 1030. The van der Waals surface area contributed by atoms with Crippen LogP contribution >= 0.6 is 0 Å². The van der Waals surface area contributed by atoms with E-state index in [4.69, 9.17) is 4.74 Å². The van der Waals surface area contributed by atoms with Crippen molar-refractivity contribution in [1.29, 1.82) is 0 Å². The summed E-state index contributed by atoms with van der Waals surface area (Å²) in [6.07, 6.45) is 1.72. The van der Waals surface area contributed by atoms with Gasteiger partial charge in [-0.3, -0.25) is 0 Å². The SMILES string of the molecule is COCc1nc2nnc(-c3ccnc(-c4ccccc4)n3)c(C)n2n1. The van der Waals surface area contributed by atoms with E-state index in [1.807, 2.05) is 43.3 Å². The van der Waals surface area contributed by atoms with Gasteiger partial charge < -0.3 is 4.74 Å². The molecule has 3 heterocycles. The number of methoxy groups -OCH3 is 1.